The molecule has 0 spiro atoms. The molecule has 3 rings (SSSR count). The quantitative estimate of drug-likeness (QED) is 0.819. The van der Waals surface area contributed by atoms with Crippen molar-refractivity contribution in [1.82, 2.24) is 15.2 Å². The third-order valence-electron chi connectivity index (χ3n) is 4.30. The lowest BCUT2D eigenvalue weighted by atomic mass is 10.1. The molecule has 1 saturated heterocycles. The number of pyridine rings is 1. The number of carbonyl (C=O) groups excluding carboxylic acids is 1. The molecular formula is C16H16F3N3O4S. The predicted molar refractivity (Wildman–Crippen MR) is 91.2 cm³/mol. The smallest absolute Gasteiger partial charge is 0.418 e. The zero-order valence-electron chi connectivity index (χ0n) is 14.2. The second-order valence-electron chi connectivity index (χ2n) is 6.11. The SMILES string of the molecule is CNC(=O)c1csc2c(C(F)(F)F)cc(OCC3CCN(C(=O)O)C3)nc12. The summed E-state index contributed by atoms with van der Waals surface area (Å²) in [5.41, 5.74) is -0.935. The number of carbonyl (C=O) groups is 2. The molecule has 1 aliphatic rings. The molecule has 0 bridgehead atoms. The van der Waals surface area contributed by atoms with E-state index in [-0.39, 0.29) is 40.7 Å². The number of fused-ring (bicyclic) bond motifs is 1. The monoisotopic (exact) mass is 403 g/mol. The van der Waals surface area contributed by atoms with Gasteiger partial charge in [0.25, 0.3) is 5.91 Å². The van der Waals surface area contributed by atoms with Crippen molar-refractivity contribution in [3.05, 3.63) is 22.6 Å². The van der Waals surface area contributed by atoms with Crippen LogP contribution in [0.5, 0.6) is 5.88 Å². The van der Waals surface area contributed by atoms with E-state index in [1.54, 1.807) is 0 Å². The lowest BCUT2D eigenvalue weighted by Gasteiger charge is -2.14. The maximum absolute atomic E-state index is 13.4. The summed E-state index contributed by atoms with van der Waals surface area (Å²) in [7, 11) is 1.38. The molecule has 1 fully saturated rings. The number of nitrogens with one attached hydrogen (secondary N) is 1. The van der Waals surface area contributed by atoms with Crippen LogP contribution < -0.4 is 10.1 Å². The highest BCUT2D eigenvalue weighted by Gasteiger charge is 2.35. The van der Waals surface area contributed by atoms with Crippen LogP contribution >= 0.6 is 11.3 Å². The summed E-state index contributed by atoms with van der Waals surface area (Å²) in [6.07, 6.45) is -5.11. The molecule has 7 nitrogen and oxygen atoms in total. The van der Waals surface area contributed by atoms with Crippen molar-refractivity contribution < 1.29 is 32.6 Å². The van der Waals surface area contributed by atoms with E-state index in [2.05, 4.69) is 10.3 Å². The van der Waals surface area contributed by atoms with Gasteiger partial charge < -0.3 is 20.1 Å². The summed E-state index contributed by atoms with van der Waals surface area (Å²) in [6.45, 7) is 0.652. The minimum atomic E-state index is -4.63. The van der Waals surface area contributed by atoms with Crippen molar-refractivity contribution in [1.29, 1.82) is 0 Å². The van der Waals surface area contributed by atoms with Crippen molar-refractivity contribution in [2.45, 2.75) is 12.6 Å². The molecule has 3 heterocycles. The molecule has 1 aliphatic heterocycles. The third-order valence-corrected chi connectivity index (χ3v) is 5.30. The van der Waals surface area contributed by atoms with E-state index >= 15 is 0 Å². The number of rotatable bonds is 4. The first kappa shape index (κ1) is 19.2. The number of likely N-dealkylation sites (tertiary alicyclic amines) is 1. The van der Waals surface area contributed by atoms with Gasteiger partial charge in [-0.2, -0.15) is 13.2 Å². The average Bonchev–Trinajstić information content (AvgIpc) is 3.24. The molecular weight excluding hydrogens is 387 g/mol. The third kappa shape index (κ3) is 3.92. The molecule has 146 valence electrons. The van der Waals surface area contributed by atoms with E-state index in [9.17, 15) is 22.8 Å². The highest BCUT2D eigenvalue weighted by atomic mass is 32.1. The minimum absolute atomic E-state index is 0.0407. The van der Waals surface area contributed by atoms with Gasteiger partial charge in [0.2, 0.25) is 5.88 Å². The number of hydrogen-bond donors (Lipinski definition) is 2. The van der Waals surface area contributed by atoms with E-state index in [0.717, 1.165) is 17.4 Å². The summed E-state index contributed by atoms with van der Waals surface area (Å²) in [5.74, 6) is -0.909. The molecule has 2 N–H and O–H groups in total. The van der Waals surface area contributed by atoms with E-state index in [1.807, 2.05) is 0 Å². The fraction of sp³-hybridized carbons (Fsp3) is 0.438. The van der Waals surface area contributed by atoms with Crippen LogP contribution in [0.1, 0.15) is 22.3 Å². The van der Waals surface area contributed by atoms with Crippen LogP contribution in [0.25, 0.3) is 10.2 Å². The second kappa shape index (κ2) is 7.22. The Bertz CT molecular complexity index is 884. The number of thiophene rings is 1. The van der Waals surface area contributed by atoms with E-state index in [1.165, 1.54) is 17.3 Å². The van der Waals surface area contributed by atoms with E-state index in [0.29, 0.717) is 13.0 Å². The summed E-state index contributed by atoms with van der Waals surface area (Å²) >= 11 is 0.796. The minimum Gasteiger partial charge on any atom is -0.477 e. The molecule has 1 atom stereocenters. The Hall–Kier alpha value is -2.56. The molecule has 0 aromatic carbocycles. The molecule has 2 aromatic heterocycles. The number of aromatic nitrogens is 1. The molecule has 2 amide bonds. The summed E-state index contributed by atoms with van der Waals surface area (Å²) < 4.78 is 45.6. The standard InChI is InChI=1S/C16H16F3N3O4S/c1-20-14(23)9-7-27-13-10(16(17,18)19)4-11(21-12(9)13)26-6-8-2-3-22(5-8)15(24)25/h4,7-8H,2-3,5-6H2,1H3,(H,20,23)(H,24,25). The van der Waals surface area contributed by atoms with Gasteiger partial charge in [0, 0.05) is 37.5 Å². The van der Waals surface area contributed by atoms with Gasteiger partial charge in [-0.05, 0) is 6.42 Å². The van der Waals surface area contributed by atoms with Gasteiger partial charge in [0.05, 0.1) is 28.0 Å². The van der Waals surface area contributed by atoms with Crippen LogP contribution in [-0.2, 0) is 6.18 Å². The highest BCUT2D eigenvalue weighted by Crippen LogP contribution is 2.40. The maximum atomic E-state index is 13.4. The van der Waals surface area contributed by atoms with Crippen LogP contribution in [0.4, 0.5) is 18.0 Å². The van der Waals surface area contributed by atoms with Crippen LogP contribution in [0.15, 0.2) is 11.4 Å². The van der Waals surface area contributed by atoms with Crippen LogP contribution in [0.2, 0.25) is 0 Å². The van der Waals surface area contributed by atoms with Crippen molar-refractivity contribution in [3.8, 4) is 5.88 Å². The summed E-state index contributed by atoms with van der Waals surface area (Å²) in [4.78, 5) is 28.2. The topological polar surface area (TPSA) is 91.8 Å². The Balaban J connectivity index is 1.89. The van der Waals surface area contributed by atoms with Crippen molar-refractivity contribution >= 4 is 33.6 Å². The Kier molecular flexibility index (Phi) is 5.13. The summed E-state index contributed by atoms with van der Waals surface area (Å²) in [6, 6.07) is 0.816. The first-order valence-electron chi connectivity index (χ1n) is 8.03. The first-order chi connectivity index (χ1) is 12.7. The number of hydrogen-bond acceptors (Lipinski definition) is 5. The van der Waals surface area contributed by atoms with Crippen LogP contribution in [0, 0.1) is 5.92 Å². The number of nitrogens with zero attached hydrogens (tertiary/aromatic N) is 2. The number of alkyl halides is 3. The Morgan fingerprint density at radius 2 is 2.22 bits per heavy atom. The number of carboxylic acid groups (broad SMARTS) is 1. The first-order valence-corrected chi connectivity index (χ1v) is 8.91. The molecule has 1 unspecified atom stereocenters. The zero-order valence-corrected chi connectivity index (χ0v) is 15.0. The lowest BCUT2D eigenvalue weighted by Crippen LogP contribution is -2.27. The molecule has 0 saturated carbocycles. The lowest BCUT2D eigenvalue weighted by molar-refractivity contribution is -0.136. The number of halogens is 3. The van der Waals surface area contributed by atoms with Gasteiger partial charge in [-0.25, -0.2) is 9.78 Å². The van der Waals surface area contributed by atoms with Crippen LogP contribution in [-0.4, -0.2) is 53.7 Å². The van der Waals surface area contributed by atoms with Gasteiger partial charge in [-0.15, -0.1) is 11.3 Å². The second-order valence-corrected chi connectivity index (χ2v) is 6.99. The molecule has 0 radical (unpaired) electrons. The predicted octanol–water partition coefficient (Wildman–Crippen LogP) is 3.05. The molecule has 0 aliphatic carbocycles. The van der Waals surface area contributed by atoms with Crippen molar-refractivity contribution in [2.24, 2.45) is 5.92 Å². The fourth-order valence-corrected chi connectivity index (χ4v) is 3.93. The summed E-state index contributed by atoms with van der Waals surface area (Å²) in [5, 5.41) is 12.7. The average molecular weight is 403 g/mol. The number of amides is 2. The van der Waals surface area contributed by atoms with Gasteiger partial charge >= 0.3 is 12.3 Å². The zero-order chi connectivity index (χ0) is 19.8. The molecule has 27 heavy (non-hydrogen) atoms. The van der Waals surface area contributed by atoms with Crippen molar-refractivity contribution in [3.63, 3.8) is 0 Å². The maximum Gasteiger partial charge on any atom is 0.418 e. The van der Waals surface area contributed by atoms with E-state index < -0.39 is 23.7 Å². The normalized spacial score (nSPS) is 17.3. The van der Waals surface area contributed by atoms with E-state index in [4.69, 9.17) is 9.84 Å². The Morgan fingerprint density at radius 1 is 1.48 bits per heavy atom. The van der Waals surface area contributed by atoms with Gasteiger partial charge in [0.15, 0.2) is 0 Å². The Labute approximate surface area is 155 Å². The van der Waals surface area contributed by atoms with Gasteiger partial charge in [0.1, 0.15) is 0 Å². The van der Waals surface area contributed by atoms with Crippen molar-refractivity contribution in [2.75, 3.05) is 26.7 Å². The van der Waals surface area contributed by atoms with Crippen LogP contribution in [0.3, 0.4) is 0 Å². The largest absolute Gasteiger partial charge is 0.477 e. The number of ether oxygens (including phenoxy) is 1. The fourth-order valence-electron chi connectivity index (χ4n) is 2.91. The van der Waals surface area contributed by atoms with Gasteiger partial charge in [-0.1, -0.05) is 0 Å². The highest BCUT2D eigenvalue weighted by molar-refractivity contribution is 7.17. The Morgan fingerprint density at radius 3 is 2.81 bits per heavy atom. The molecule has 2 aromatic rings. The van der Waals surface area contributed by atoms with Gasteiger partial charge in [-0.3, -0.25) is 4.79 Å². The molecule has 11 heteroatoms.